The summed E-state index contributed by atoms with van der Waals surface area (Å²) in [4.78, 5) is 2.17. The number of rotatable bonds is 4. The minimum absolute atomic E-state index is 0.0114. The third kappa shape index (κ3) is 4.23. The second-order valence-corrected chi connectivity index (χ2v) is 6.30. The molecule has 0 saturated heterocycles. The van der Waals surface area contributed by atoms with Crippen LogP contribution >= 0.6 is 11.6 Å². The highest BCUT2D eigenvalue weighted by atomic mass is 35.5. The van der Waals surface area contributed by atoms with Gasteiger partial charge in [0.2, 0.25) is 0 Å². The van der Waals surface area contributed by atoms with E-state index in [2.05, 4.69) is 25.7 Å². The minimum Gasteiger partial charge on any atom is -0.329 e. The Morgan fingerprint density at radius 3 is 2.44 bits per heavy atom. The second-order valence-electron chi connectivity index (χ2n) is 5.89. The molecule has 0 spiro atoms. The van der Waals surface area contributed by atoms with Crippen LogP contribution in [-0.2, 0) is 0 Å². The Hall–Kier alpha value is -0.640. The first-order valence-electron chi connectivity index (χ1n) is 6.10. The lowest BCUT2D eigenvalue weighted by Gasteiger charge is -2.33. The number of hydrogen-bond donors (Lipinski definition) is 1. The van der Waals surface area contributed by atoms with Gasteiger partial charge < -0.3 is 5.73 Å². The molecular weight excluding hydrogens is 251 g/mol. The smallest absolute Gasteiger partial charge is 0.124 e. The summed E-state index contributed by atoms with van der Waals surface area (Å²) in [6, 6.07) is 4.49. The number of nitrogens with zero attached hydrogens (tertiary/aromatic N) is 1. The standard InChI is InChI=1S/C14H22ClFN2/c1-14(2,3)9-18(4)13(8-17)11-6-5-10(16)7-12(11)15/h5-7,13H,8-9,17H2,1-4H3. The Labute approximate surface area is 114 Å². The maximum atomic E-state index is 13.1. The first-order valence-corrected chi connectivity index (χ1v) is 6.47. The van der Waals surface area contributed by atoms with E-state index >= 15 is 0 Å². The number of halogens is 2. The zero-order valence-corrected chi connectivity index (χ0v) is 12.3. The molecular formula is C14H22ClFN2. The van der Waals surface area contributed by atoms with Crippen molar-refractivity contribution >= 4 is 11.6 Å². The molecule has 0 radical (unpaired) electrons. The van der Waals surface area contributed by atoms with Crippen molar-refractivity contribution in [1.82, 2.24) is 4.90 Å². The van der Waals surface area contributed by atoms with Crippen molar-refractivity contribution in [2.75, 3.05) is 20.1 Å². The molecule has 0 aliphatic heterocycles. The van der Waals surface area contributed by atoms with Crippen LogP contribution in [0.5, 0.6) is 0 Å². The lowest BCUT2D eigenvalue weighted by molar-refractivity contribution is 0.175. The SMILES string of the molecule is CN(CC(C)(C)C)C(CN)c1ccc(F)cc1Cl. The molecule has 1 aromatic rings. The van der Waals surface area contributed by atoms with Gasteiger partial charge in [0.05, 0.1) is 0 Å². The van der Waals surface area contributed by atoms with Gasteiger partial charge in [-0.05, 0) is 30.2 Å². The lowest BCUT2D eigenvalue weighted by Crippen LogP contribution is -2.36. The van der Waals surface area contributed by atoms with Crippen LogP contribution in [0.1, 0.15) is 32.4 Å². The van der Waals surface area contributed by atoms with E-state index in [4.69, 9.17) is 17.3 Å². The summed E-state index contributed by atoms with van der Waals surface area (Å²) in [5, 5.41) is 0.436. The Bertz CT molecular complexity index is 401. The average Bonchev–Trinajstić information content (AvgIpc) is 2.19. The largest absolute Gasteiger partial charge is 0.329 e. The fourth-order valence-corrected chi connectivity index (χ4v) is 2.47. The van der Waals surface area contributed by atoms with Gasteiger partial charge in [-0.15, -0.1) is 0 Å². The van der Waals surface area contributed by atoms with Crippen molar-refractivity contribution in [3.05, 3.63) is 34.6 Å². The molecule has 0 amide bonds. The minimum atomic E-state index is -0.321. The van der Waals surface area contributed by atoms with Gasteiger partial charge in [0.1, 0.15) is 5.82 Å². The first kappa shape index (κ1) is 15.4. The van der Waals surface area contributed by atoms with E-state index in [1.807, 2.05) is 7.05 Å². The van der Waals surface area contributed by atoms with Gasteiger partial charge in [0.25, 0.3) is 0 Å². The maximum Gasteiger partial charge on any atom is 0.124 e. The predicted octanol–water partition coefficient (Wildman–Crippen LogP) is 3.46. The van der Waals surface area contributed by atoms with Gasteiger partial charge in [-0.3, -0.25) is 4.90 Å². The lowest BCUT2D eigenvalue weighted by atomic mass is 9.94. The van der Waals surface area contributed by atoms with Gasteiger partial charge in [0.15, 0.2) is 0 Å². The van der Waals surface area contributed by atoms with Crippen molar-refractivity contribution in [2.24, 2.45) is 11.1 Å². The molecule has 0 aliphatic rings. The highest BCUT2D eigenvalue weighted by molar-refractivity contribution is 6.31. The number of benzene rings is 1. The highest BCUT2D eigenvalue weighted by Crippen LogP contribution is 2.29. The van der Waals surface area contributed by atoms with E-state index in [0.29, 0.717) is 11.6 Å². The molecule has 0 fully saturated rings. The fraction of sp³-hybridized carbons (Fsp3) is 0.571. The molecule has 0 saturated carbocycles. The summed E-state index contributed by atoms with van der Waals surface area (Å²) >= 11 is 6.10. The molecule has 1 unspecified atom stereocenters. The van der Waals surface area contributed by atoms with Crippen LogP contribution < -0.4 is 5.73 Å². The Balaban J connectivity index is 2.95. The fourth-order valence-electron chi connectivity index (χ4n) is 2.17. The molecule has 4 heteroatoms. The molecule has 2 N–H and O–H groups in total. The maximum absolute atomic E-state index is 13.1. The van der Waals surface area contributed by atoms with Crippen molar-refractivity contribution < 1.29 is 4.39 Å². The summed E-state index contributed by atoms with van der Waals surface area (Å²) in [6.07, 6.45) is 0. The van der Waals surface area contributed by atoms with Crippen molar-refractivity contribution in [3.8, 4) is 0 Å². The highest BCUT2D eigenvalue weighted by Gasteiger charge is 2.22. The van der Waals surface area contributed by atoms with Gasteiger partial charge in [-0.25, -0.2) is 4.39 Å². The van der Waals surface area contributed by atoms with Gasteiger partial charge in [0, 0.05) is 24.2 Å². The van der Waals surface area contributed by atoms with Crippen molar-refractivity contribution in [1.29, 1.82) is 0 Å². The van der Waals surface area contributed by atoms with Crippen LogP contribution in [0.25, 0.3) is 0 Å². The molecule has 0 aliphatic carbocycles. The van der Waals surface area contributed by atoms with E-state index in [0.717, 1.165) is 12.1 Å². The van der Waals surface area contributed by atoms with Crippen molar-refractivity contribution in [3.63, 3.8) is 0 Å². The van der Waals surface area contributed by atoms with Crippen LogP contribution in [0.3, 0.4) is 0 Å². The zero-order chi connectivity index (χ0) is 13.9. The van der Waals surface area contributed by atoms with E-state index in [1.165, 1.54) is 12.1 Å². The number of likely N-dealkylation sites (N-methyl/N-ethyl adjacent to an activating group) is 1. The summed E-state index contributed by atoms with van der Waals surface area (Å²) in [7, 11) is 2.02. The molecule has 1 rings (SSSR count). The number of hydrogen-bond acceptors (Lipinski definition) is 2. The van der Waals surface area contributed by atoms with Gasteiger partial charge in [-0.2, -0.15) is 0 Å². The third-order valence-corrected chi connectivity index (χ3v) is 3.13. The molecule has 0 heterocycles. The van der Waals surface area contributed by atoms with Crippen LogP contribution in [0, 0.1) is 11.2 Å². The summed E-state index contributed by atoms with van der Waals surface area (Å²) in [6.45, 7) is 7.86. The van der Waals surface area contributed by atoms with Crippen molar-refractivity contribution in [2.45, 2.75) is 26.8 Å². The quantitative estimate of drug-likeness (QED) is 0.910. The predicted molar refractivity (Wildman–Crippen MR) is 75.3 cm³/mol. The molecule has 0 bridgehead atoms. The molecule has 2 nitrogen and oxygen atoms in total. The van der Waals surface area contributed by atoms with E-state index in [9.17, 15) is 4.39 Å². The summed E-state index contributed by atoms with van der Waals surface area (Å²) < 4.78 is 13.1. The average molecular weight is 273 g/mol. The topological polar surface area (TPSA) is 29.3 Å². The van der Waals surface area contributed by atoms with Gasteiger partial charge >= 0.3 is 0 Å². The van der Waals surface area contributed by atoms with E-state index in [1.54, 1.807) is 6.07 Å². The number of nitrogens with two attached hydrogens (primary N) is 1. The monoisotopic (exact) mass is 272 g/mol. The Morgan fingerprint density at radius 2 is 2.00 bits per heavy atom. The summed E-state index contributed by atoms with van der Waals surface area (Å²) in [5.74, 6) is -0.321. The summed E-state index contributed by atoms with van der Waals surface area (Å²) in [5.41, 5.74) is 6.89. The van der Waals surface area contributed by atoms with E-state index in [-0.39, 0.29) is 17.3 Å². The molecule has 1 atom stereocenters. The first-order chi connectivity index (χ1) is 8.24. The van der Waals surface area contributed by atoms with Gasteiger partial charge in [-0.1, -0.05) is 38.4 Å². The normalized spacial score (nSPS) is 14.0. The Morgan fingerprint density at radius 1 is 1.39 bits per heavy atom. The van der Waals surface area contributed by atoms with Crippen LogP contribution in [0.2, 0.25) is 5.02 Å². The molecule has 1 aromatic carbocycles. The van der Waals surface area contributed by atoms with Crippen LogP contribution in [0.4, 0.5) is 4.39 Å². The van der Waals surface area contributed by atoms with E-state index < -0.39 is 0 Å². The molecule has 102 valence electrons. The third-order valence-electron chi connectivity index (χ3n) is 2.80. The zero-order valence-electron chi connectivity index (χ0n) is 11.5. The second kappa shape index (κ2) is 6.00. The molecule has 0 aromatic heterocycles. The Kier molecular flexibility index (Phi) is 5.14. The molecule has 18 heavy (non-hydrogen) atoms. The van der Waals surface area contributed by atoms with Crippen LogP contribution in [-0.4, -0.2) is 25.0 Å². The van der Waals surface area contributed by atoms with Crippen LogP contribution in [0.15, 0.2) is 18.2 Å².